The molecule has 1 aromatic heterocycles. The van der Waals surface area contributed by atoms with Gasteiger partial charge in [0.25, 0.3) is 5.91 Å². The van der Waals surface area contributed by atoms with Crippen LogP contribution in [0.2, 0.25) is 0 Å². The fourth-order valence-corrected chi connectivity index (χ4v) is 6.95. The lowest BCUT2D eigenvalue weighted by atomic mass is 10.1. The molecule has 2 N–H and O–H groups in total. The number of morpholine rings is 1. The highest BCUT2D eigenvalue weighted by Gasteiger charge is 2.33. The fraction of sp³-hybridized carbons (Fsp3) is 0.514. The smallest absolute Gasteiger partial charge is 0.323 e. The summed E-state index contributed by atoms with van der Waals surface area (Å²) in [6.07, 6.45) is 4.79. The lowest BCUT2D eigenvalue weighted by Gasteiger charge is -2.34. The van der Waals surface area contributed by atoms with Gasteiger partial charge in [0.1, 0.15) is 0 Å². The maximum Gasteiger partial charge on any atom is 0.323 e. The first kappa shape index (κ1) is 31.3. The zero-order valence-corrected chi connectivity index (χ0v) is 27.6. The van der Waals surface area contributed by atoms with Crippen molar-refractivity contribution in [3.05, 3.63) is 54.1 Å². The van der Waals surface area contributed by atoms with Gasteiger partial charge in [-0.2, -0.15) is 15.0 Å². The summed E-state index contributed by atoms with van der Waals surface area (Å²) in [7, 11) is 0. The number of aromatic nitrogens is 3. The summed E-state index contributed by atoms with van der Waals surface area (Å²) >= 11 is 0. The number of piperazine rings is 1. The van der Waals surface area contributed by atoms with E-state index in [0.29, 0.717) is 60.0 Å². The number of hydrogen-bond donors (Lipinski definition) is 2. The Morgan fingerprint density at radius 2 is 1.34 bits per heavy atom. The summed E-state index contributed by atoms with van der Waals surface area (Å²) in [5, 5.41) is 5.77. The summed E-state index contributed by atoms with van der Waals surface area (Å²) in [5.41, 5.74) is 2.73. The molecule has 7 rings (SSSR count). The number of rotatable bonds is 7. The maximum absolute atomic E-state index is 13.0. The normalized spacial score (nSPS) is 23.6. The summed E-state index contributed by atoms with van der Waals surface area (Å²) in [5.74, 6) is 2.01. The average Bonchev–Trinajstić information content (AvgIpc) is 3.88. The monoisotopic (exact) mass is 639 g/mol. The van der Waals surface area contributed by atoms with Crippen molar-refractivity contribution in [2.75, 3.05) is 66.4 Å². The zero-order valence-electron chi connectivity index (χ0n) is 27.6. The Balaban J connectivity index is 0.997. The third-order valence-corrected chi connectivity index (χ3v) is 9.87. The molecule has 0 spiro atoms. The first-order chi connectivity index (χ1) is 22.8. The summed E-state index contributed by atoms with van der Waals surface area (Å²) in [6, 6.07) is 15.9. The average molecular weight is 640 g/mol. The third kappa shape index (κ3) is 7.03. The van der Waals surface area contributed by atoms with Crippen molar-refractivity contribution < 1.29 is 14.3 Å². The van der Waals surface area contributed by atoms with Gasteiger partial charge in [-0.1, -0.05) is 0 Å². The molecule has 3 saturated heterocycles. The lowest BCUT2D eigenvalue weighted by molar-refractivity contribution is 0.0627. The van der Waals surface area contributed by atoms with Gasteiger partial charge < -0.3 is 30.1 Å². The Kier molecular flexibility index (Phi) is 8.96. The van der Waals surface area contributed by atoms with Crippen molar-refractivity contribution in [2.45, 2.75) is 70.6 Å². The molecule has 3 atom stereocenters. The van der Waals surface area contributed by atoms with E-state index >= 15 is 0 Å². The number of nitrogens with zero attached hydrogens (tertiary/aromatic N) is 7. The number of amides is 3. The molecule has 4 fully saturated rings. The molecule has 4 aliphatic rings. The Morgan fingerprint density at radius 1 is 0.723 bits per heavy atom. The Morgan fingerprint density at radius 3 is 1.96 bits per heavy atom. The Labute approximate surface area is 276 Å². The van der Waals surface area contributed by atoms with Gasteiger partial charge >= 0.3 is 6.03 Å². The summed E-state index contributed by atoms with van der Waals surface area (Å²) in [6.45, 7) is 12.0. The van der Waals surface area contributed by atoms with Crippen LogP contribution in [0.3, 0.4) is 0 Å². The minimum absolute atomic E-state index is 0.0397. The predicted octanol–water partition coefficient (Wildman–Crippen LogP) is 4.71. The lowest BCUT2D eigenvalue weighted by Crippen LogP contribution is -2.49. The SMILES string of the molecule is C[C@@H]1COCCN1c1nc(-c2ccc(NC(=O)Nc3ccc(C(=O)N4CCN(C5CC5)CC4)cc3)cc2)nc(N2[C@H](C)CC[C@@H]2C)n1. The molecule has 3 aliphatic heterocycles. The van der Waals surface area contributed by atoms with Crippen molar-refractivity contribution in [1.82, 2.24) is 24.8 Å². The van der Waals surface area contributed by atoms with Crippen LogP contribution in [0, 0.1) is 0 Å². The van der Waals surface area contributed by atoms with Gasteiger partial charge in [-0.15, -0.1) is 0 Å². The number of nitrogens with one attached hydrogen (secondary N) is 2. The second-order valence-corrected chi connectivity index (χ2v) is 13.4. The van der Waals surface area contributed by atoms with E-state index in [9.17, 15) is 9.59 Å². The van der Waals surface area contributed by atoms with Gasteiger partial charge in [0, 0.05) is 73.4 Å². The molecular weight excluding hydrogens is 594 g/mol. The van der Waals surface area contributed by atoms with Gasteiger partial charge in [-0.25, -0.2) is 4.79 Å². The molecule has 1 saturated carbocycles. The second kappa shape index (κ2) is 13.4. The molecule has 3 aromatic rings. The van der Waals surface area contributed by atoms with Crippen LogP contribution in [-0.4, -0.2) is 107 Å². The quantitative estimate of drug-likeness (QED) is 0.379. The zero-order chi connectivity index (χ0) is 32.5. The first-order valence-electron chi connectivity index (χ1n) is 17.0. The number of benzene rings is 2. The molecule has 0 radical (unpaired) electrons. The van der Waals surface area contributed by atoms with Gasteiger partial charge in [0.2, 0.25) is 11.9 Å². The summed E-state index contributed by atoms with van der Waals surface area (Å²) in [4.78, 5) is 49.5. The molecule has 1 aliphatic carbocycles. The molecule has 4 heterocycles. The Bertz CT molecular complexity index is 1560. The minimum Gasteiger partial charge on any atom is -0.377 e. The van der Waals surface area contributed by atoms with Crippen LogP contribution >= 0.6 is 0 Å². The highest BCUT2D eigenvalue weighted by Crippen LogP contribution is 2.31. The van der Waals surface area contributed by atoms with Crippen molar-refractivity contribution in [2.24, 2.45) is 0 Å². The van der Waals surface area contributed by atoms with E-state index in [0.717, 1.165) is 57.2 Å². The van der Waals surface area contributed by atoms with E-state index in [1.807, 2.05) is 29.2 Å². The van der Waals surface area contributed by atoms with E-state index in [2.05, 4.69) is 46.1 Å². The molecular formula is C35H45N9O3. The molecule has 0 unspecified atom stereocenters. The van der Waals surface area contributed by atoms with Crippen molar-refractivity contribution in [1.29, 1.82) is 0 Å². The number of carbonyl (C=O) groups excluding carboxylic acids is 2. The van der Waals surface area contributed by atoms with Gasteiger partial charge in [-0.05, 0) is 95.0 Å². The van der Waals surface area contributed by atoms with Crippen molar-refractivity contribution >= 4 is 35.2 Å². The molecule has 12 heteroatoms. The van der Waals surface area contributed by atoms with E-state index in [-0.39, 0.29) is 18.0 Å². The number of anilines is 4. The number of hydrogen-bond acceptors (Lipinski definition) is 9. The van der Waals surface area contributed by atoms with Crippen LogP contribution in [0.5, 0.6) is 0 Å². The number of urea groups is 1. The van der Waals surface area contributed by atoms with E-state index < -0.39 is 0 Å². The van der Waals surface area contributed by atoms with Crippen LogP contribution in [0.25, 0.3) is 11.4 Å². The fourth-order valence-electron chi connectivity index (χ4n) is 6.95. The Hall–Kier alpha value is -4.29. The second-order valence-electron chi connectivity index (χ2n) is 13.4. The number of carbonyl (C=O) groups is 2. The molecule has 2 aromatic carbocycles. The topological polar surface area (TPSA) is 119 Å². The van der Waals surface area contributed by atoms with Crippen LogP contribution < -0.4 is 20.4 Å². The largest absolute Gasteiger partial charge is 0.377 e. The van der Waals surface area contributed by atoms with Gasteiger partial charge in [0.05, 0.1) is 19.3 Å². The van der Waals surface area contributed by atoms with E-state index in [1.165, 1.54) is 12.8 Å². The van der Waals surface area contributed by atoms with Gasteiger partial charge in [0.15, 0.2) is 5.82 Å². The summed E-state index contributed by atoms with van der Waals surface area (Å²) < 4.78 is 5.66. The van der Waals surface area contributed by atoms with Crippen molar-refractivity contribution in [3.63, 3.8) is 0 Å². The molecule has 12 nitrogen and oxygen atoms in total. The van der Waals surface area contributed by atoms with E-state index in [1.54, 1.807) is 24.3 Å². The highest BCUT2D eigenvalue weighted by molar-refractivity contribution is 6.00. The molecule has 248 valence electrons. The third-order valence-electron chi connectivity index (χ3n) is 9.87. The van der Waals surface area contributed by atoms with Gasteiger partial charge in [-0.3, -0.25) is 9.69 Å². The first-order valence-corrected chi connectivity index (χ1v) is 17.0. The van der Waals surface area contributed by atoms with Crippen LogP contribution in [-0.2, 0) is 4.74 Å². The van der Waals surface area contributed by atoms with E-state index in [4.69, 9.17) is 19.7 Å². The maximum atomic E-state index is 13.0. The molecule has 0 bridgehead atoms. The van der Waals surface area contributed by atoms with Crippen LogP contribution in [0.15, 0.2) is 48.5 Å². The van der Waals surface area contributed by atoms with Crippen LogP contribution in [0.4, 0.5) is 28.1 Å². The number of ether oxygens (including phenoxy) is 1. The van der Waals surface area contributed by atoms with Crippen molar-refractivity contribution in [3.8, 4) is 11.4 Å². The minimum atomic E-state index is -0.365. The highest BCUT2D eigenvalue weighted by atomic mass is 16.5. The molecule has 3 amide bonds. The predicted molar refractivity (Wildman–Crippen MR) is 183 cm³/mol. The van der Waals surface area contributed by atoms with Crippen LogP contribution in [0.1, 0.15) is 56.8 Å². The molecule has 47 heavy (non-hydrogen) atoms. The standard InChI is InChI=1S/C35H45N9O3/c1-23-4-5-24(2)44(23)34-39-31(38-33(40-34)43-20-21-47-22-25(43)3)26-6-10-28(11-7-26)36-35(46)37-29-12-8-27(9-13-29)32(45)42-18-16-41(17-19-42)30-14-15-30/h6-13,23-25,30H,4-5,14-22H2,1-3H3,(H2,36,37,46)/t23-,24+,25-/m1/s1.